The number of alkyl halides is 3. The van der Waals surface area contributed by atoms with E-state index in [9.17, 15) is 18.0 Å². The Bertz CT molecular complexity index is 728. The Kier molecular flexibility index (Phi) is 5.95. The van der Waals surface area contributed by atoms with Gasteiger partial charge >= 0.3 is 6.18 Å². The van der Waals surface area contributed by atoms with E-state index in [1.54, 1.807) is 11.3 Å². The number of carbonyl (C=O) groups excluding carboxylic acids is 1. The molecule has 0 radical (unpaired) electrons. The third kappa shape index (κ3) is 4.63. The van der Waals surface area contributed by atoms with Gasteiger partial charge in [-0.2, -0.15) is 13.2 Å². The van der Waals surface area contributed by atoms with Gasteiger partial charge < -0.3 is 10.1 Å². The summed E-state index contributed by atoms with van der Waals surface area (Å²) in [4.78, 5) is 15.7. The first-order chi connectivity index (χ1) is 12.4. The van der Waals surface area contributed by atoms with Gasteiger partial charge in [-0.1, -0.05) is 12.1 Å². The van der Waals surface area contributed by atoms with Crippen molar-refractivity contribution in [1.29, 1.82) is 0 Å². The van der Waals surface area contributed by atoms with Crippen molar-refractivity contribution in [1.82, 2.24) is 10.2 Å². The number of benzene rings is 1. The van der Waals surface area contributed by atoms with Crippen LogP contribution < -0.4 is 5.32 Å². The van der Waals surface area contributed by atoms with Crippen LogP contribution in [0.2, 0.25) is 0 Å². The number of ether oxygens (including phenoxy) is 1. The number of hydrogen-bond acceptors (Lipinski definition) is 4. The van der Waals surface area contributed by atoms with Gasteiger partial charge in [-0.15, -0.1) is 11.3 Å². The fourth-order valence-corrected chi connectivity index (χ4v) is 3.77. The molecule has 3 rings (SSSR count). The standard InChI is InChI=1S/C18H19F3N2O2S/c19-18(20,21)14-4-1-3-13(11-14)17(24)22-12-15(16-5-2-10-26-16)23-6-8-25-9-7-23/h1-5,10-11,15H,6-9,12H2,(H,22,24). The number of morpholine rings is 1. The maximum atomic E-state index is 12.8. The van der Waals surface area contributed by atoms with Crippen molar-refractivity contribution < 1.29 is 22.7 Å². The molecule has 0 saturated carbocycles. The summed E-state index contributed by atoms with van der Waals surface area (Å²) in [7, 11) is 0. The van der Waals surface area contributed by atoms with Gasteiger partial charge in [0.25, 0.3) is 5.91 Å². The Morgan fingerprint density at radius 2 is 2.00 bits per heavy atom. The lowest BCUT2D eigenvalue weighted by molar-refractivity contribution is -0.137. The van der Waals surface area contributed by atoms with E-state index in [-0.39, 0.29) is 11.6 Å². The summed E-state index contributed by atoms with van der Waals surface area (Å²) < 4.78 is 43.9. The predicted octanol–water partition coefficient (Wildman–Crippen LogP) is 3.57. The van der Waals surface area contributed by atoms with E-state index in [1.165, 1.54) is 12.1 Å². The molecule has 0 aliphatic carbocycles. The topological polar surface area (TPSA) is 41.6 Å². The second kappa shape index (κ2) is 8.20. The second-order valence-corrected chi connectivity index (χ2v) is 6.95. The summed E-state index contributed by atoms with van der Waals surface area (Å²) in [6.45, 7) is 3.09. The monoisotopic (exact) mass is 384 g/mol. The lowest BCUT2D eigenvalue weighted by Crippen LogP contribution is -2.43. The molecule has 4 nitrogen and oxygen atoms in total. The van der Waals surface area contributed by atoms with E-state index in [0.29, 0.717) is 19.8 Å². The van der Waals surface area contributed by atoms with Gasteiger partial charge in [0.1, 0.15) is 0 Å². The molecule has 0 spiro atoms. The highest BCUT2D eigenvalue weighted by molar-refractivity contribution is 7.10. The first kappa shape index (κ1) is 18.9. The van der Waals surface area contributed by atoms with E-state index in [0.717, 1.165) is 30.1 Å². The maximum absolute atomic E-state index is 12.8. The smallest absolute Gasteiger partial charge is 0.379 e. The summed E-state index contributed by atoms with van der Waals surface area (Å²) in [5.74, 6) is -0.508. The van der Waals surface area contributed by atoms with Gasteiger partial charge in [-0.25, -0.2) is 0 Å². The van der Waals surface area contributed by atoms with Crippen LogP contribution in [0.15, 0.2) is 41.8 Å². The van der Waals surface area contributed by atoms with E-state index in [2.05, 4.69) is 10.2 Å². The highest BCUT2D eigenvalue weighted by Gasteiger charge is 2.31. The number of amides is 1. The summed E-state index contributed by atoms with van der Waals surface area (Å²) >= 11 is 1.60. The molecule has 1 aliphatic rings. The lowest BCUT2D eigenvalue weighted by atomic mass is 10.1. The number of nitrogens with one attached hydrogen (secondary N) is 1. The van der Waals surface area contributed by atoms with Crippen LogP contribution in [0, 0.1) is 0 Å². The van der Waals surface area contributed by atoms with Gasteiger partial charge in [0.05, 0.1) is 24.8 Å². The summed E-state index contributed by atoms with van der Waals surface area (Å²) in [6.07, 6.45) is -4.47. The first-order valence-electron chi connectivity index (χ1n) is 8.26. The molecule has 2 aromatic rings. The van der Waals surface area contributed by atoms with Crippen LogP contribution in [0.25, 0.3) is 0 Å². The summed E-state index contributed by atoms with van der Waals surface area (Å²) in [5, 5.41) is 4.75. The van der Waals surface area contributed by atoms with Crippen molar-refractivity contribution in [3.05, 3.63) is 57.8 Å². The molecular formula is C18H19F3N2O2S. The lowest BCUT2D eigenvalue weighted by Gasteiger charge is -2.34. The second-order valence-electron chi connectivity index (χ2n) is 5.97. The molecule has 1 amide bonds. The molecule has 1 aromatic carbocycles. The minimum absolute atomic E-state index is 0.00623. The number of thiophene rings is 1. The Morgan fingerprint density at radius 1 is 1.23 bits per heavy atom. The van der Waals surface area contributed by atoms with Crippen LogP contribution in [0.3, 0.4) is 0 Å². The van der Waals surface area contributed by atoms with E-state index in [4.69, 9.17) is 4.74 Å². The molecule has 1 unspecified atom stereocenters. The molecule has 0 bridgehead atoms. The molecule has 1 saturated heterocycles. The van der Waals surface area contributed by atoms with E-state index >= 15 is 0 Å². The average molecular weight is 384 g/mol. The zero-order valence-electron chi connectivity index (χ0n) is 14.0. The van der Waals surface area contributed by atoms with Crippen molar-refractivity contribution >= 4 is 17.2 Å². The minimum Gasteiger partial charge on any atom is -0.379 e. The van der Waals surface area contributed by atoms with Crippen LogP contribution in [-0.4, -0.2) is 43.7 Å². The summed E-state index contributed by atoms with van der Waals surface area (Å²) in [5.41, 5.74) is -0.820. The molecule has 1 N–H and O–H groups in total. The van der Waals surface area contributed by atoms with Gasteiger partial charge in [0, 0.05) is 30.1 Å². The van der Waals surface area contributed by atoms with E-state index in [1.807, 2.05) is 17.5 Å². The van der Waals surface area contributed by atoms with Gasteiger partial charge in [-0.3, -0.25) is 9.69 Å². The molecule has 2 heterocycles. The Morgan fingerprint density at radius 3 is 2.65 bits per heavy atom. The van der Waals surface area contributed by atoms with Crippen LogP contribution in [0.1, 0.15) is 26.8 Å². The molecule has 1 aromatic heterocycles. The van der Waals surface area contributed by atoms with Gasteiger partial charge in [0.15, 0.2) is 0 Å². The van der Waals surface area contributed by atoms with Crippen molar-refractivity contribution in [2.24, 2.45) is 0 Å². The number of halogens is 3. The van der Waals surface area contributed by atoms with Crippen LogP contribution in [0.4, 0.5) is 13.2 Å². The first-order valence-corrected chi connectivity index (χ1v) is 9.14. The van der Waals surface area contributed by atoms with E-state index < -0.39 is 17.6 Å². The quantitative estimate of drug-likeness (QED) is 0.857. The van der Waals surface area contributed by atoms with Crippen molar-refractivity contribution in [3.63, 3.8) is 0 Å². The van der Waals surface area contributed by atoms with Crippen LogP contribution in [-0.2, 0) is 10.9 Å². The fraction of sp³-hybridized carbons (Fsp3) is 0.389. The third-order valence-electron chi connectivity index (χ3n) is 4.27. The number of hydrogen-bond donors (Lipinski definition) is 1. The summed E-state index contributed by atoms with van der Waals surface area (Å²) in [6, 6.07) is 8.40. The molecular weight excluding hydrogens is 365 g/mol. The number of carbonyl (C=O) groups is 1. The molecule has 140 valence electrons. The van der Waals surface area contributed by atoms with Gasteiger partial charge in [-0.05, 0) is 29.6 Å². The normalized spacial score (nSPS) is 17.0. The minimum atomic E-state index is -4.47. The van der Waals surface area contributed by atoms with Crippen molar-refractivity contribution in [2.45, 2.75) is 12.2 Å². The Labute approximate surface area is 153 Å². The predicted molar refractivity (Wildman–Crippen MR) is 93.2 cm³/mol. The highest BCUT2D eigenvalue weighted by atomic mass is 32.1. The Hall–Kier alpha value is -1.90. The average Bonchev–Trinajstić information content (AvgIpc) is 3.16. The number of rotatable bonds is 5. The van der Waals surface area contributed by atoms with Crippen molar-refractivity contribution in [2.75, 3.05) is 32.8 Å². The SMILES string of the molecule is O=C(NCC(c1cccs1)N1CCOCC1)c1cccc(C(F)(F)F)c1. The van der Waals surface area contributed by atoms with Crippen LogP contribution in [0.5, 0.6) is 0 Å². The fourth-order valence-electron chi connectivity index (χ4n) is 2.91. The molecule has 1 aliphatic heterocycles. The third-order valence-corrected chi connectivity index (χ3v) is 5.24. The van der Waals surface area contributed by atoms with Crippen molar-refractivity contribution in [3.8, 4) is 0 Å². The zero-order valence-corrected chi connectivity index (χ0v) is 14.8. The maximum Gasteiger partial charge on any atom is 0.416 e. The molecule has 26 heavy (non-hydrogen) atoms. The zero-order chi connectivity index (χ0) is 18.6. The molecule has 1 atom stereocenters. The molecule has 1 fully saturated rings. The highest BCUT2D eigenvalue weighted by Crippen LogP contribution is 2.30. The molecule has 8 heteroatoms. The van der Waals surface area contributed by atoms with Crippen LogP contribution >= 0.6 is 11.3 Å². The number of nitrogens with zero attached hydrogens (tertiary/aromatic N) is 1. The van der Waals surface area contributed by atoms with Gasteiger partial charge in [0.2, 0.25) is 0 Å². The Balaban J connectivity index is 1.70. The largest absolute Gasteiger partial charge is 0.416 e.